The molecule has 0 aromatic carbocycles. The lowest BCUT2D eigenvalue weighted by atomic mass is 9.95. The molecule has 1 unspecified atom stereocenters. The molecule has 0 aromatic heterocycles. The Kier molecular flexibility index (Phi) is 5.07. The van der Waals surface area contributed by atoms with Crippen molar-refractivity contribution >= 4 is 0 Å². The first-order valence-electron chi connectivity index (χ1n) is 6.96. The molecule has 16 heavy (non-hydrogen) atoms. The molecular formula is C13H26N2O. The second-order valence-corrected chi connectivity index (χ2v) is 5.48. The van der Waals surface area contributed by atoms with Gasteiger partial charge in [-0.1, -0.05) is 25.7 Å². The maximum Gasteiger partial charge on any atom is 0.0719 e. The highest BCUT2D eigenvalue weighted by Gasteiger charge is 2.26. The number of likely N-dealkylation sites (tertiary alicyclic amines) is 1. The van der Waals surface area contributed by atoms with Crippen LogP contribution < -0.4 is 5.90 Å². The molecule has 0 spiro atoms. The molecule has 3 nitrogen and oxygen atoms in total. The van der Waals surface area contributed by atoms with Crippen LogP contribution in [-0.2, 0) is 4.84 Å². The van der Waals surface area contributed by atoms with Crippen molar-refractivity contribution in [3.05, 3.63) is 0 Å². The van der Waals surface area contributed by atoms with Crippen LogP contribution in [-0.4, -0.2) is 30.6 Å². The molecule has 1 aliphatic carbocycles. The van der Waals surface area contributed by atoms with E-state index in [1.54, 1.807) is 0 Å². The van der Waals surface area contributed by atoms with E-state index in [0.717, 1.165) is 12.6 Å². The van der Waals surface area contributed by atoms with Crippen molar-refractivity contribution in [1.82, 2.24) is 4.90 Å². The molecule has 0 amide bonds. The molecular weight excluding hydrogens is 200 g/mol. The van der Waals surface area contributed by atoms with Gasteiger partial charge in [0.05, 0.1) is 6.61 Å². The van der Waals surface area contributed by atoms with Crippen LogP contribution >= 0.6 is 0 Å². The Bertz CT molecular complexity index is 188. The summed E-state index contributed by atoms with van der Waals surface area (Å²) in [6.07, 6.45) is 11.2. The molecule has 1 saturated heterocycles. The number of nitrogens with two attached hydrogens (primary N) is 1. The fraction of sp³-hybridized carbons (Fsp3) is 1.00. The normalized spacial score (nSPS) is 30.2. The van der Waals surface area contributed by atoms with Crippen LogP contribution in [0.25, 0.3) is 0 Å². The summed E-state index contributed by atoms with van der Waals surface area (Å²) in [5.74, 6) is 5.86. The molecule has 2 aliphatic rings. The van der Waals surface area contributed by atoms with Crippen LogP contribution in [0.2, 0.25) is 0 Å². The van der Waals surface area contributed by atoms with Crippen molar-refractivity contribution < 1.29 is 4.84 Å². The van der Waals surface area contributed by atoms with Crippen molar-refractivity contribution in [3.63, 3.8) is 0 Å². The Morgan fingerprint density at radius 3 is 2.44 bits per heavy atom. The van der Waals surface area contributed by atoms with Crippen LogP contribution in [0.4, 0.5) is 0 Å². The van der Waals surface area contributed by atoms with Crippen LogP contribution in [0.3, 0.4) is 0 Å². The molecule has 0 radical (unpaired) electrons. The predicted molar refractivity (Wildman–Crippen MR) is 65.9 cm³/mol. The average molecular weight is 226 g/mol. The molecule has 1 saturated carbocycles. The SMILES string of the molecule is NOCC1CCCN(C2CCCCCC2)C1. The van der Waals surface area contributed by atoms with Crippen LogP contribution in [0.5, 0.6) is 0 Å². The van der Waals surface area contributed by atoms with Gasteiger partial charge < -0.3 is 9.74 Å². The Balaban J connectivity index is 1.82. The fourth-order valence-electron chi connectivity index (χ4n) is 3.32. The van der Waals surface area contributed by atoms with Crippen molar-refractivity contribution in [3.8, 4) is 0 Å². The first-order chi connectivity index (χ1) is 7.90. The van der Waals surface area contributed by atoms with Gasteiger partial charge in [-0.25, -0.2) is 5.90 Å². The topological polar surface area (TPSA) is 38.5 Å². The lowest BCUT2D eigenvalue weighted by Crippen LogP contribution is -2.43. The van der Waals surface area contributed by atoms with Gasteiger partial charge in [-0.15, -0.1) is 0 Å². The molecule has 2 fully saturated rings. The Morgan fingerprint density at radius 1 is 1.00 bits per heavy atom. The zero-order valence-electron chi connectivity index (χ0n) is 10.4. The smallest absolute Gasteiger partial charge is 0.0719 e. The van der Waals surface area contributed by atoms with Crippen molar-refractivity contribution in [2.24, 2.45) is 11.8 Å². The fourth-order valence-corrected chi connectivity index (χ4v) is 3.32. The Morgan fingerprint density at radius 2 is 1.75 bits per heavy atom. The van der Waals surface area contributed by atoms with E-state index in [1.165, 1.54) is 64.5 Å². The Hall–Kier alpha value is -0.120. The van der Waals surface area contributed by atoms with E-state index < -0.39 is 0 Å². The molecule has 2 rings (SSSR count). The van der Waals surface area contributed by atoms with Crippen LogP contribution in [0.15, 0.2) is 0 Å². The van der Waals surface area contributed by atoms with E-state index in [-0.39, 0.29) is 0 Å². The number of piperidine rings is 1. The third-order valence-electron chi connectivity index (χ3n) is 4.22. The number of hydrogen-bond donors (Lipinski definition) is 1. The van der Waals surface area contributed by atoms with Crippen molar-refractivity contribution in [2.45, 2.75) is 57.4 Å². The second kappa shape index (κ2) is 6.58. The average Bonchev–Trinajstić information content (AvgIpc) is 2.58. The molecule has 94 valence electrons. The third kappa shape index (κ3) is 3.44. The predicted octanol–water partition coefficient (Wildman–Crippen LogP) is 2.31. The summed E-state index contributed by atoms with van der Waals surface area (Å²) in [5, 5.41) is 0. The summed E-state index contributed by atoms with van der Waals surface area (Å²) in [7, 11) is 0. The first kappa shape index (κ1) is 12.3. The van der Waals surface area contributed by atoms with Gasteiger partial charge in [0, 0.05) is 12.6 Å². The monoisotopic (exact) mass is 226 g/mol. The van der Waals surface area contributed by atoms with Gasteiger partial charge in [0.2, 0.25) is 0 Å². The number of hydrogen-bond acceptors (Lipinski definition) is 3. The largest absolute Gasteiger partial charge is 0.304 e. The van der Waals surface area contributed by atoms with Gasteiger partial charge in [0.1, 0.15) is 0 Å². The summed E-state index contributed by atoms with van der Waals surface area (Å²) in [6, 6.07) is 0.850. The van der Waals surface area contributed by atoms with E-state index >= 15 is 0 Å². The van der Waals surface area contributed by atoms with Gasteiger partial charge in [0.25, 0.3) is 0 Å². The Labute approximate surface area is 99.3 Å². The van der Waals surface area contributed by atoms with E-state index in [9.17, 15) is 0 Å². The maximum absolute atomic E-state index is 5.19. The van der Waals surface area contributed by atoms with E-state index in [4.69, 9.17) is 10.7 Å². The van der Waals surface area contributed by atoms with Crippen molar-refractivity contribution in [1.29, 1.82) is 0 Å². The quantitative estimate of drug-likeness (QED) is 0.593. The first-order valence-corrected chi connectivity index (χ1v) is 6.96. The van der Waals surface area contributed by atoms with Crippen LogP contribution in [0.1, 0.15) is 51.4 Å². The van der Waals surface area contributed by atoms with Gasteiger partial charge in [-0.05, 0) is 38.1 Å². The molecule has 1 heterocycles. The zero-order chi connectivity index (χ0) is 11.2. The molecule has 3 heteroatoms. The van der Waals surface area contributed by atoms with Gasteiger partial charge in [0.15, 0.2) is 0 Å². The molecule has 2 N–H and O–H groups in total. The summed E-state index contributed by atoms with van der Waals surface area (Å²) in [4.78, 5) is 7.52. The highest BCUT2D eigenvalue weighted by molar-refractivity contribution is 4.80. The minimum atomic E-state index is 0.669. The zero-order valence-corrected chi connectivity index (χ0v) is 10.4. The second-order valence-electron chi connectivity index (χ2n) is 5.48. The molecule has 1 aliphatic heterocycles. The standard InChI is InChI=1S/C13H26N2O/c14-16-11-12-6-5-9-15(10-12)13-7-3-1-2-4-8-13/h12-13H,1-11,14H2. The molecule has 0 bridgehead atoms. The van der Waals surface area contributed by atoms with E-state index in [1.807, 2.05) is 0 Å². The van der Waals surface area contributed by atoms with Gasteiger partial charge in [-0.2, -0.15) is 0 Å². The highest BCUT2D eigenvalue weighted by Crippen LogP contribution is 2.26. The summed E-state index contributed by atoms with van der Waals surface area (Å²) >= 11 is 0. The maximum atomic E-state index is 5.19. The van der Waals surface area contributed by atoms with E-state index in [2.05, 4.69) is 4.90 Å². The third-order valence-corrected chi connectivity index (χ3v) is 4.22. The van der Waals surface area contributed by atoms with Crippen molar-refractivity contribution in [2.75, 3.05) is 19.7 Å². The summed E-state index contributed by atoms with van der Waals surface area (Å²) in [5.41, 5.74) is 0. The summed E-state index contributed by atoms with van der Waals surface area (Å²) < 4.78 is 0. The number of nitrogens with zero attached hydrogens (tertiary/aromatic N) is 1. The molecule has 0 aromatic rings. The van der Waals surface area contributed by atoms with Gasteiger partial charge >= 0.3 is 0 Å². The molecule has 1 atom stereocenters. The number of rotatable bonds is 3. The van der Waals surface area contributed by atoms with Gasteiger partial charge in [-0.3, -0.25) is 0 Å². The van der Waals surface area contributed by atoms with E-state index in [0.29, 0.717) is 5.92 Å². The lowest BCUT2D eigenvalue weighted by Gasteiger charge is -2.37. The summed E-state index contributed by atoms with van der Waals surface area (Å²) in [6.45, 7) is 3.25. The highest BCUT2D eigenvalue weighted by atomic mass is 16.6. The minimum Gasteiger partial charge on any atom is -0.304 e. The minimum absolute atomic E-state index is 0.669. The lowest BCUT2D eigenvalue weighted by molar-refractivity contribution is 0.0428. The van der Waals surface area contributed by atoms with Crippen LogP contribution in [0, 0.1) is 5.92 Å².